The third-order valence-electron chi connectivity index (χ3n) is 1.68. The zero-order chi connectivity index (χ0) is 8.81. The first-order chi connectivity index (χ1) is 5.86. The van der Waals surface area contributed by atoms with E-state index in [1.807, 2.05) is 10.9 Å². The zero-order valence-electron chi connectivity index (χ0n) is 7.53. The predicted octanol–water partition coefficient (Wildman–Crippen LogP) is 0.579. The third-order valence-corrected chi connectivity index (χ3v) is 1.68. The van der Waals surface area contributed by atoms with E-state index in [1.165, 1.54) is 0 Å². The Morgan fingerprint density at radius 1 is 1.58 bits per heavy atom. The van der Waals surface area contributed by atoms with Crippen LogP contribution in [0.25, 0.3) is 0 Å². The molecule has 0 spiro atoms. The molecule has 1 aromatic heterocycles. The standard InChI is InChI=1S/C8H16N4/c1-2-6-12-7-8(10-11-12)4-3-5-9/h7H,2-6,9H2,1H3. The molecule has 0 aliphatic rings. The van der Waals surface area contributed by atoms with Gasteiger partial charge in [-0.05, 0) is 25.8 Å². The van der Waals surface area contributed by atoms with Gasteiger partial charge in [-0.25, -0.2) is 0 Å². The first-order valence-electron chi connectivity index (χ1n) is 4.46. The molecule has 0 aliphatic carbocycles. The Morgan fingerprint density at radius 3 is 3.08 bits per heavy atom. The zero-order valence-corrected chi connectivity index (χ0v) is 7.53. The van der Waals surface area contributed by atoms with Crippen LogP contribution in [-0.4, -0.2) is 21.5 Å². The lowest BCUT2D eigenvalue weighted by molar-refractivity contribution is 0.579. The number of rotatable bonds is 5. The van der Waals surface area contributed by atoms with Gasteiger partial charge >= 0.3 is 0 Å². The second-order valence-electron chi connectivity index (χ2n) is 2.87. The lowest BCUT2D eigenvalue weighted by Crippen LogP contribution is -2.00. The second-order valence-corrected chi connectivity index (χ2v) is 2.87. The van der Waals surface area contributed by atoms with Gasteiger partial charge in [-0.3, -0.25) is 4.68 Å². The van der Waals surface area contributed by atoms with Gasteiger partial charge in [-0.15, -0.1) is 5.10 Å². The van der Waals surface area contributed by atoms with Gasteiger partial charge in [0.05, 0.1) is 5.69 Å². The van der Waals surface area contributed by atoms with E-state index in [0.717, 1.165) is 38.0 Å². The number of aryl methyl sites for hydroxylation is 2. The van der Waals surface area contributed by atoms with Crippen LogP contribution in [0.4, 0.5) is 0 Å². The molecule has 0 aromatic carbocycles. The minimum atomic E-state index is 0.723. The van der Waals surface area contributed by atoms with E-state index >= 15 is 0 Å². The van der Waals surface area contributed by atoms with Crippen LogP contribution in [0.5, 0.6) is 0 Å². The van der Waals surface area contributed by atoms with Crippen molar-refractivity contribution >= 4 is 0 Å². The molecule has 4 nitrogen and oxygen atoms in total. The second kappa shape index (κ2) is 4.87. The molecule has 2 N–H and O–H groups in total. The lowest BCUT2D eigenvalue weighted by atomic mass is 10.2. The van der Waals surface area contributed by atoms with E-state index in [4.69, 9.17) is 5.73 Å². The van der Waals surface area contributed by atoms with Crippen LogP contribution in [0.15, 0.2) is 6.20 Å². The molecule has 12 heavy (non-hydrogen) atoms. The first-order valence-corrected chi connectivity index (χ1v) is 4.46. The molecule has 0 radical (unpaired) electrons. The number of nitrogens with two attached hydrogens (primary N) is 1. The molecule has 4 heteroatoms. The minimum Gasteiger partial charge on any atom is -0.330 e. The summed E-state index contributed by atoms with van der Waals surface area (Å²) in [6.45, 7) is 3.80. The summed E-state index contributed by atoms with van der Waals surface area (Å²) in [6, 6.07) is 0. The van der Waals surface area contributed by atoms with Gasteiger partial charge in [0.1, 0.15) is 0 Å². The highest BCUT2D eigenvalue weighted by Gasteiger charge is 1.98. The molecule has 1 heterocycles. The Bertz CT molecular complexity index is 219. The van der Waals surface area contributed by atoms with Gasteiger partial charge in [0.25, 0.3) is 0 Å². The summed E-state index contributed by atoms with van der Waals surface area (Å²) in [7, 11) is 0. The summed E-state index contributed by atoms with van der Waals surface area (Å²) in [6.07, 6.45) is 5.03. The molecular formula is C8H16N4. The molecule has 0 atom stereocenters. The Hall–Kier alpha value is -0.900. The summed E-state index contributed by atoms with van der Waals surface area (Å²) in [5, 5.41) is 8.01. The first kappa shape index (κ1) is 9.19. The normalized spacial score (nSPS) is 10.5. The molecule has 68 valence electrons. The molecule has 0 aliphatic heterocycles. The topological polar surface area (TPSA) is 56.7 Å². The van der Waals surface area contributed by atoms with E-state index < -0.39 is 0 Å². The SMILES string of the molecule is CCCn1cc(CCCN)nn1. The molecule has 0 fully saturated rings. The molecule has 0 amide bonds. The third kappa shape index (κ3) is 2.62. The van der Waals surface area contributed by atoms with Crippen LogP contribution in [0, 0.1) is 0 Å². The molecule has 0 saturated heterocycles. The van der Waals surface area contributed by atoms with Crippen LogP contribution < -0.4 is 5.73 Å². The molecule has 0 unspecified atom stereocenters. The monoisotopic (exact) mass is 168 g/mol. The fourth-order valence-electron chi connectivity index (χ4n) is 1.07. The molecular weight excluding hydrogens is 152 g/mol. The van der Waals surface area contributed by atoms with Crippen LogP contribution in [-0.2, 0) is 13.0 Å². The highest BCUT2D eigenvalue weighted by Crippen LogP contribution is 1.97. The number of nitrogens with zero attached hydrogens (tertiary/aromatic N) is 3. The van der Waals surface area contributed by atoms with Crippen molar-refractivity contribution in [2.75, 3.05) is 6.54 Å². The van der Waals surface area contributed by atoms with Crippen molar-refractivity contribution in [3.05, 3.63) is 11.9 Å². The van der Waals surface area contributed by atoms with Gasteiger partial charge in [-0.2, -0.15) is 0 Å². The fourth-order valence-corrected chi connectivity index (χ4v) is 1.07. The minimum absolute atomic E-state index is 0.723. The highest BCUT2D eigenvalue weighted by molar-refractivity contribution is 4.92. The molecule has 1 aromatic rings. The van der Waals surface area contributed by atoms with E-state index in [1.54, 1.807) is 0 Å². The van der Waals surface area contributed by atoms with E-state index in [2.05, 4.69) is 17.2 Å². The summed E-state index contributed by atoms with van der Waals surface area (Å²) < 4.78 is 1.88. The molecule has 1 rings (SSSR count). The average molecular weight is 168 g/mol. The smallest absolute Gasteiger partial charge is 0.0827 e. The van der Waals surface area contributed by atoms with Gasteiger partial charge < -0.3 is 5.73 Å². The van der Waals surface area contributed by atoms with Crippen molar-refractivity contribution < 1.29 is 0 Å². The molecule has 0 saturated carbocycles. The largest absolute Gasteiger partial charge is 0.330 e. The van der Waals surface area contributed by atoms with Gasteiger partial charge in [0.15, 0.2) is 0 Å². The maximum atomic E-state index is 5.39. The van der Waals surface area contributed by atoms with E-state index in [-0.39, 0.29) is 0 Å². The van der Waals surface area contributed by atoms with E-state index in [9.17, 15) is 0 Å². The van der Waals surface area contributed by atoms with Crippen LogP contribution in [0.1, 0.15) is 25.5 Å². The van der Waals surface area contributed by atoms with Crippen LogP contribution in [0.3, 0.4) is 0 Å². The Morgan fingerprint density at radius 2 is 2.42 bits per heavy atom. The van der Waals surface area contributed by atoms with Crippen LogP contribution >= 0.6 is 0 Å². The highest BCUT2D eigenvalue weighted by atomic mass is 15.4. The summed E-state index contributed by atoms with van der Waals surface area (Å²) >= 11 is 0. The van der Waals surface area contributed by atoms with Gasteiger partial charge in [0, 0.05) is 12.7 Å². The predicted molar refractivity (Wildman–Crippen MR) is 47.7 cm³/mol. The van der Waals surface area contributed by atoms with Crippen molar-refractivity contribution in [2.24, 2.45) is 5.73 Å². The van der Waals surface area contributed by atoms with Crippen molar-refractivity contribution in [1.29, 1.82) is 0 Å². The van der Waals surface area contributed by atoms with Crippen LogP contribution in [0.2, 0.25) is 0 Å². The number of aromatic nitrogens is 3. The summed E-state index contributed by atoms with van der Waals surface area (Å²) in [5.41, 5.74) is 6.44. The number of hydrogen-bond acceptors (Lipinski definition) is 3. The van der Waals surface area contributed by atoms with Crippen molar-refractivity contribution in [3.63, 3.8) is 0 Å². The van der Waals surface area contributed by atoms with Crippen molar-refractivity contribution in [3.8, 4) is 0 Å². The Labute approximate surface area is 72.8 Å². The summed E-state index contributed by atoms with van der Waals surface area (Å²) in [5.74, 6) is 0. The average Bonchev–Trinajstić information content (AvgIpc) is 2.50. The van der Waals surface area contributed by atoms with Crippen molar-refractivity contribution in [1.82, 2.24) is 15.0 Å². The summed E-state index contributed by atoms with van der Waals surface area (Å²) in [4.78, 5) is 0. The maximum Gasteiger partial charge on any atom is 0.0827 e. The van der Waals surface area contributed by atoms with E-state index in [0.29, 0.717) is 0 Å². The Kier molecular flexibility index (Phi) is 3.73. The Balaban J connectivity index is 2.41. The van der Waals surface area contributed by atoms with Gasteiger partial charge in [-0.1, -0.05) is 12.1 Å². The molecule has 0 bridgehead atoms. The fraction of sp³-hybridized carbons (Fsp3) is 0.750. The quantitative estimate of drug-likeness (QED) is 0.699. The maximum absolute atomic E-state index is 5.39. The van der Waals surface area contributed by atoms with Crippen molar-refractivity contribution in [2.45, 2.75) is 32.7 Å². The van der Waals surface area contributed by atoms with Gasteiger partial charge in [0.2, 0.25) is 0 Å². The lowest BCUT2D eigenvalue weighted by Gasteiger charge is -1.93. The number of hydrogen-bond donors (Lipinski definition) is 1.